The van der Waals surface area contributed by atoms with Crippen LogP contribution in [0.3, 0.4) is 0 Å². The van der Waals surface area contributed by atoms with Crippen LogP contribution in [0.1, 0.15) is 24.2 Å². The summed E-state index contributed by atoms with van der Waals surface area (Å²) in [5.74, 6) is 0.958. The molecule has 8 heteroatoms. The molecule has 7 nitrogen and oxygen atoms in total. The molecule has 154 valence electrons. The molecule has 1 fully saturated rings. The van der Waals surface area contributed by atoms with E-state index in [1.807, 2.05) is 44.2 Å². The number of hydrogen-bond donors (Lipinski definition) is 1. The molecule has 2 aromatic heterocycles. The lowest BCUT2D eigenvalue weighted by Crippen LogP contribution is -2.38. The Morgan fingerprint density at radius 2 is 1.77 bits per heavy atom. The van der Waals surface area contributed by atoms with E-state index < -0.39 is 0 Å². The molecule has 1 amide bonds. The quantitative estimate of drug-likeness (QED) is 0.627. The van der Waals surface area contributed by atoms with Crippen LogP contribution in [0.5, 0.6) is 0 Å². The summed E-state index contributed by atoms with van der Waals surface area (Å²) in [6.45, 7) is 5.55. The normalized spacial score (nSPS) is 14.5. The summed E-state index contributed by atoms with van der Waals surface area (Å²) in [5, 5.41) is 3.78. The van der Waals surface area contributed by atoms with Crippen LogP contribution in [-0.4, -0.2) is 38.9 Å². The second-order valence-electron chi connectivity index (χ2n) is 7.37. The lowest BCUT2D eigenvalue weighted by molar-refractivity contribution is -0.120. The molecule has 3 heterocycles. The van der Waals surface area contributed by atoms with E-state index in [4.69, 9.17) is 0 Å². The number of piperidine rings is 1. The second-order valence-corrected chi connectivity index (χ2v) is 8.41. The van der Waals surface area contributed by atoms with Gasteiger partial charge in [0.2, 0.25) is 5.91 Å². The number of hydrogen-bond acceptors (Lipinski definition) is 7. The maximum atomic E-state index is 12.7. The minimum atomic E-state index is 0.00985. The van der Waals surface area contributed by atoms with Gasteiger partial charge in [-0.1, -0.05) is 0 Å². The van der Waals surface area contributed by atoms with E-state index in [2.05, 4.69) is 30.2 Å². The Hall–Kier alpha value is -3.00. The molecule has 0 atom stereocenters. The van der Waals surface area contributed by atoms with Crippen molar-refractivity contribution >= 4 is 29.2 Å². The van der Waals surface area contributed by atoms with Crippen LogP contribution in [0, 0.1) is 19.8 Å². The summed E-state index contributed by atoms with van der Waals surface area (Å²) < 4.78 is 0. The fourth-order valence-electron chi connectivity index (χ4n) is 3.52. The first-order chi connectivity index (χ1) is 14.6. The monoisotopic (exact) mass is 420 g/mol. The van der Waals surface area contributed by atoms with Crippen molar-refractivity contribution in [1.29, 1.82) is 0 Å². The third-order valence-corrected chi connectivity index (χ3v) is 5.91. The summed E-state index contributed by atoms with van der Waals surface area (Å²) in [7, 11) is 0. The topological polar surface area (TPSA) is 83.9 Å². The number of anilines is 2. The van der Waals surface area contributed by atoms with Crippen LogP contribution in [0.4, 0.5) is 11.5 Å². The molecule has 4 rings (SSSR count). The van der Waals surface area contributed by atoms with Crippen molar-refractivity contribution in [2.45, 2.75) is 36.7 Å². The third kappa shape index (κ3) is 5.13. The van der Waals surface area contributed by atoms with Crippen LogP contribution < -0.4 is 10.2 Å². The fraction of sp³-hybridized carbons (Fsp3) is 0.318. The van der Waals surface area contributed by atoms with Crippen LogP contribution in [-0.2, 0) is 4.79 Å². The highest BCUT2D eigenvalue weighted by atomic mass is 32.2. The van der Waals surface area contributed by atoms with Crippen LogP contribution in [0.2, 0.25) is 0 Å². The first-order valence-electron chi connectivity index (χ1n) is 9.99. The van der Waals surface area contributed by atoms with Gasteiger partial charge in [0.05, 0.1) is 6.20 Å². The molecular weight excluding hydrogens is 396 g/mol. The van der Waals surface area contributed by atoms with Gasteiger partial charge in [-0.05, 0) is 68.8 Å². The lowest BCUT2D eigenvalue weighted by Gasteiger charge is -2.31. The number of carbonyl (C=O) groups excluding carboxylic acids is 1. The van der Waals surface area contributed by atoms with Gasteiger partial charge in [-0.3, -0.25) is 9.78 Å². The summed E-state index contributed by atoms with van der Waals surface area (Å²) in [6, 6.07) is 9.78. The average molecular weight is 421 g/mol. The standard InChI is InChI=1S/C22H24N6OS/c1-15-13-16(2)26-22(25-15)30-19-5-3-18(4-6-19)27-21(29)17-7-11-28(12-8-17)20-14-23-9-10-24-20/h3-6,9-10,13-14,17H,7-8,11-12H2,1-2H3,(H,27,29). The number of aryl methyl sites for hydroxylation is 2. The van der Waals surface area contributed by atoms with Crippen molar-refractivity contribution in [2.24, 2.45) is 5.92 Å². The molecule has 0 bridgehead atoms. The Balaban J connectivity index is 1.31. The first-order valence-corrected chi connectivity index (χ1v) is 10.8. The average Bonchev–Trinajstić information content (AvgIpc) is 2.75. The fourth-order valence-corrected chi connectivity index (χ4v) is 4.38. The second kappa shape index (κ2) is 9.21. The number of amides is 1. The van der Waals surface area contributed by atoms with Crippen LogP contribution in [0.15, 0.2) is 59.0 Å². The smallest absolute Gasteiger partial charge is 0.227 e. The summed E-state index contributed by atoms with van der Waals surface area (Å²) >= 11 is 1.52. The molecule has 30 heavy (non-hydrogen) atoms. The van der Waals surface area contributed by atoms with E-state index in [0.717, 1.165) is 58.9 Å². The predicted molar refractivity (Wildman–Crippen MR) is 118 cm³/mol. The molecule has 0 aliphatic carbocycles. The predicted octanol–water partition coefficient (Wildman–Crippen LogP) is 3.89. The van der Waals surface area contributed by atoms with Crippen molar-refractivity contribution in [3.8, 4) is 0 Å². The molecule has 1 saturated heterocycles. The Bertz CT molecular complexity index is 984. The van der Waals surface area contributed by atoms with Gasteiger partial charge >= 0.3 is 0 Å². The van der Waals surface area contributed by atoms with Gasteiger partial charge in [0.25, 0.3) is 0 Å². The van der Waals surface area contributed by atoms with Gasteiger partial charge in [-0.25, -0.2) is 15.0 Å². The molecule has 0 unspecified atom stereocenters. The van der Waals surface area contributed by atoms with Crippen molar-refractivity contribution in [1.82, 2.24) is 19.9 Å². The summed E-state index contributed by atoms with van der Waals surface area (Å²) in [4.78, 5) is 33.3. The Morgan fingerprint density at radius 1 is 1.07 bits per heavy atom. The highest BCUT2D eigenvalue weighted by Crippen LogP contribution is 2.27. The van der Waals surface area contributed by atoms with Gasteiger partial charge in [0, 0.05) is 53.4 Å². The molecule has 3 aromatic rings. The highest BCUT2D eigenvalue weighted by Gasteiger charge is 2.25. The maximum Gasteiger partial charge on any atom is 0.227 e. The number of rotatable bonds is 5. The van der Waals surface area contributed by atoms with E-state index in [1.165, 1.54) is 11.8 Å². The largest absolute Gasteiger partial charge is 0.355 e. The summed E-state index contributed by atoms with van der Waals surface area (Å²) in [6.07, 6.45) is 6.74. The maximum absolute atomic E-state index is 12.7. The lowest BCUT2D eigenvalue weighted by atomic mass is 9.96. The van der Waals surface area contributed by atoms with Crippen molar-refractivity contribution in [3.05, 3.63) is 60.3 Å². The zero-order chi connectivity index (χ0) is 20.9. The van der Waals surface area contributed by atoms with Crippen LogP contribution >= 0.6 is 11.8 Å². The zero-order valence-corrected chi connectivity index (χ0v) is 17.9. The van der Waals surface area contributed by atoms with Crippen molar-refractivity contribution in [3.63, 3.8) is 0 Å². The minimum absolute atomic E-state index is 0.00985. The van der Waals surface area contributed by atoms with E-state index in [9.17, 15) is 4.79 Å². The molecule has 0 radical (unpaired) electrons. The van der Waals surface area contributed by atoms with Gasteiger partial charge in [0.15, 0.2) is 5.16 Å². The Labute approximate surface area is 180 Å². The first kappa shape index (κ1) is 20.3. The van der Waals surface area contributed by atoms with E-state index in [0.29, 0.717) is 0 Å². The minimum Gasteiger partial charge on any atom is -0.355 e. The molecule has 1 aliphatic rings. The highest BCUT2D eigenvalue weighted by molar-refractivity contribution is 7.99. The van der Waals surface area contributed by atoms with E-state index in [1.54, 1.807) is 18.6 Å². The van der Waals surface area contributed by atoms with Crippen molar-refractivity contribution in [2.75, 3.05) is 23.3 Å². The zero-order valence-electron chi connectivity index (χ0n) is 17.1. The molecular formula is C22H24N6OS. The number of aromatic nitrogens is 4. The summed E-state index contributed by atoms with van der Waals surface area (Å²) in [5.41, 5.74) is 2.72. The molecule has 1 aliphatic heterocycles. The van der Waals surface area contributed by atoms with Gasteiger partial charge in [0.1, 0.15) is 5.82 Å². The van der Waals surface area contributed by atoms with Gasteiger partial charge in [-0.15, -0.1) is 0 Å². The van der Waals surface area contributed by atoms with Crippen molar-refractivity contribution < 1.29 is 4.79 Å². The SMILES string of the molecule is Cc1cc(C)nc(Sc2ccc(NC(=O)C3CCN(c4cnccn4)CC3)cc2)n1. The number of benzene rings is 1. The third-order valence-electron chi connectivity index (χ3n) is 5.03. The van der Waals surface area contributed by atoms with E-state index >= 15 is 0 Å². The van der Waals surface area contributed by atoms with Crippen LogP contribution in [0.25, 0.3) is 0 Å². The van der Waals surface area contributed by atoms with Gasteiger partial charge < -0.3 is 10.2 Å². The Kier molecular flexibility index (Phi) is 6.23. The number of carbonyl (C=O) groups is 1. The number of nitrogens with zero attached hydrogens (tertiary/aromatic N) is 5. The molecule has 0 spiro atoms. The molecule has 1 N–H and O–H groups in total. The number of nitrogens with one attached hydrogen (secondary N) is 1. The Morgan fingerprint density at radius 3 is 2.40 bits per heavy atom. The van der Waals surface area contributed by atoms with E-state index in [-0.39, 0.29) is 11.8 Å². The molecule has 1 aromatic carbocycles. The van der Waals surface area contributed by atoms with Gasteiger partial charge in [-0.2, -0.15) is 0 Å². The molecule has 0 saturated carbocycles.